The summed E-state index contributed by atoms with van der Waals surface area (Å²) in [5, 5.41) is 20.9. The Morgan fingerprint density at radius 1 is 1.35 bits per heavy atom. The van der Waals surface area contributed by atoms with E-state index >= 15 is 0 Å². The van der Waals surface area contributed by atoms with E-state index in [1.165, 1.54) is 13.2 Å². The molecule has 0 saturated carbocycles. The van der Waals surface area contributed by atoms with Crippen LogP contribution in [0, 0.1) is 28.6 Å². The number of nitrogens with one attached hydrogen (secondary N) is 1. The maximum absolute atomic E-state index is 12.0. The van der Waals surface area contributed by atoms with Gasteiger partial charge in [-0.25, -0.2) is 4.79 Å². The number of carbonyl (C=O) groups is 2. The van der Waals surface area contributed by atoms with Crippen LogP contribution < -0.4 is 10.1 Å². The van der Waals surface area contributed by atoms with Crippen molar-refractivity contribution in [1.82, 2.24) is 5.32 Å². The molecule has 1 atom stereocenters. The van der Waals surface area contributed by atoms with Crippen molar-refractivity contribution in [3.05, 3.63) is 35.4 Å². The lowest BCUT2D eigenvalue weighted by atomic mass is 9.90. The van der Waals surface area contributed by atoms with E-state index in [0.29, 0.717) is 11.3 Å². The summed E-state index contributed by atoms with van der Waals surface area (Å²) >= 11 is 0. The highest BCUT2D eigenvalue weighted by Gasteiger charge is 2.30. The summed E-state index contributed by atoms with van der Waals surface area (Å²) in [5.41, 5.74) is -0.741. The first-order valence-electron chi connectivity index (χ1n) is 7.91. The van der Waals surface area contributed by atoms with Gasteiger partial charge in [0.15, 0.2) is 6.61 Å². The molecule has 0 bridgehead atoms. The predicted molar refractivity (Wildman–Crippen MR) is 94.5 cm³/mol. The van der Waals surface area contributed by atoms with E-state index in [4.69, 9.17) is 14.7 Å². The van der Waals surface area contributed by atoms with Crippen LogP contribution in [-0.4, -0.2) is 31.1 Å². The number of ether oxygens (including phenoxy) is 2. The molecule has 1 amide bonds. The van der Waals surface area contributed by atoms with Gasteiger partial charge in [0.1, 0.15) is 22.9 Å². The molecule has 136 valence electrons. The molecule has 0 saturated heterocycles. The minimum atomic E-state index is -1.07. The standard InChI is InChI=1S/C19H21N3O4/c1-13(2)19(3,12-21)22-17(23)11-26-18(24)15(10-20)8-14-6-5-7-16(9-14)25-4/h5-9,13H,11H2,1-4H3,(H,22,23)/b15-8+/t19-/m0/s1. The third-order valence-electron chi connectivity index (χ3n) is 3.87. The van der Waals surface area contributed by atoms with Gasteiger partial charge in [-0.15, -0.1) is 0 Å². The molecular formula is C19H21N3O4. The molecule has 7 nitrogen and oxygen atoms in total. The van der Waals surface area contributed by atoms with Crippen molar-refractivity contribution in [1.29, 1.82) is 10.5 Å². The smallest absolute Gasteiger partial charge is 0.349 e. The van der Waals surface area contributed by atoms with E-state index in [0.717, 1.165) is 0 Å². The van der Waals surface area contributed by atoms with Crippen molar-refractivity contribution in [2.45, 2.75) is 26.3 Å². The van der Waals surface area contributed by atoms with E-state index in [1.54, 1.807) is 51.1 Å². The largest absolute Gasteiger partial charge is 0.497 e. The number of methoxy groups -OCH3 is 1. The first-order valence-corrected chi connectivity index (χ1v) is 7.91. The van der Waals surface area contributed by atoms with Gasteiger partial charge in [0.25, 0.3) is 5.91 Å². The molecule has 7 heteroatoms. The van der Waals surface area contributed by atoms with E-state index in [1.807, 2.05) is 6.07 Å². The van der Waals surface area contributed by atoms with Gasteiger partial charge >= 0.3 is 5.97 Å². The lowest BCUT2D eigenvalue weighted by molar-refractivity contribution is -0.144. The highest BCUT2D eigenvalue weighted by atomic mass is 16.5. The zero-order valence-electron chi connectivity index (χ0n) is 15.2. The number of esters is 1. The Balaban J connectivity index is 2.76. The minimum Gasteiger partial charge on any atom is -0.497 e. The fourth-order valence-corrected chi connectivity index (χ4v) is 1.87. The Bertz CT molecular complexity index is 787. The van der Waals surface area contributed by atoms with Crippen LogP contribution in [0.4, 0.5) is 0 Å². The van der Waals surface area contributed by atoms with Gasteiger partial charge in [0.2, 0.25) is 0 Å². The van der Waals surface area contributed by atoms with Gasteiger partial charge in [-0.1, -0.05) is 26.0 Å². The molecule has 26 heavy (non-hydrogen) atoms. The number of hydrogen-bond acceptors (Lipinski definition) is 6. The number of nitriles is 2. The summed E-state index contributed by atoms with van der Waals surface area (Å²) in [6.45, 7) is 4.58. The van der Waals surface area contributed by atoms with Crippen molar-refractivity contribution in [2.24, 2.45) is 5.92 Å². The second-order valence-corrected chi connectivity index (χ2v) is 6.04. The lowest BCUT2D eigenvalue weighted by Gasteiger charge is -2.27. The molecule has 0 unspecified atom stereocenters. The first-order chi connectivity index (χ1) is 12.3. The van der Waals surface area contributed by atoms with E-state index < -0.39 is 24.0 Å². The average molecular weight is 355 g/mol. The van der Waals surface area contributed by atoms with E-state index in [2.05, 4.69) is 5.32 Å². The highest BCUT2D eigenvalue weighted by Crippen LogP contribution is 2.16. The Kier molecular flexibility index (Phi) is 7.36. The third kappa shape index (κ3) is 5.64. The first kappa shape index (κ1) is 20.7. The zero-order valence-corrected chi connectivity index (χ0v) is 15.2. The number of carbonyl (C=O) groups excluding carboxylic acids is 2. The van der Waals surface area contributed by atoms with Gasteiger partial charge in [-0.3, -0.25) is 4.79 Å². The molecule has 0 radical (unpaired) electrons. The molecule has 0 aliphatic heterocycles. The topological polar surface area (TPSA) is 112 Å². The molecule has 0 aliphatic carbocycles. The zero-order chi connectivity index (χ0) is 19.7. The van der Waals surface area contributed by atoms with Crippen LogP contribution in [0.1, 0.15) is 26.3 Å². The molecule has 1 aromatic carbocycles. The van der Waals surface area contributed by atoms with Crippen LogP contribution >= 0.6 is 0 Å². The Hall–Kier alpha value is -3.32. The van der Waals surface area contributed by atoms with Crippen molar-refractivity contribution in [3.63, 3.8) is 0 Å². The normalized spacial score (nSPS) is 13.1. The summed E-state index contributed by atoms with van der Waals surface area (Å²) in [7, 11) is 1.51. The van der Waals surface area contributed by atoms with Crippen molar-refractivity contribution in [3.8, 4) is 17.9 Å². The minimum absolute atomic E-state index is 0.130. The van der Waals surface area contributed by atoms with Gasteiger partial charge in [-0.2, -0.15) is 10.5 Å². The molecule has 1 N–H and O–H groups in total. The molecule has 1 rings (SSSR count). The maximum atomic E-state index is 12.0. The molecule has 0 fully saturated rings. The van der Waals surface area contributed by atoms with Crippen molar-refractivity contribution in [2.75, 3.05) is 13.7 Å². The van der Waals surface area contributed by atoms with Gasteiger partial charge < -0.3 is 14.8 Å². The SMILES string of the molecule is COc1cccc(/C=C(\C#N)C(=O)OCC(=O)N[C@@](C)(C#N)C(C)C)c1. The molecule has 0 heterocycles. The van der Waals surface area contributed by atoms with Crippen molar-refractivity contribution >= 4 is 18.0 Å². The Morgan fingerprint density at radius 3 is 2.58 bits per heavy atom. The highest BCUT2D eigenvalue weighted by molar-refractivity contribution is 5.98. The number of amides is 1. The second-order valence-electron chi connectivity index (χ2n) is 6.04. The van der Waals surface area contributed by atoms with Gasteiger partial charge in [-0.05, 0) is 36.6 Å². The van der Waals surface area contributed by atoms with Crippen LogP contribution in [0.5, 0.6) is 5.75 Å². The lowest BCUT2D eigenvalue weighted by Crippen LogP contribution is -2.50. The maximum Gasteiger partial charge on any atom is 0.349 e. The summed E-state index contributed by atoms with van der Waals surface area (Å²) in [6, 6.07) is 10.6. The summed E-state index contributed by atoms with van der Waals surface area (Å²) in [5.74, 6) is -1.09. The van der Waals surface area contributed by atoms with Crippen LogP contribution in [0.2, 0.25) is 0 Å². The molecule has 0 aliphatic rings. The fourth-order valence-electron chi connectivity index (χ4n) is 1.87. The molecule has 0 spiro atoms. The van der Waals surface area contributed by atoms with E-state index in [9.17, 15) is 14.9 Å². The predicted octanol–water partition coefficient (Wildman–Crippen LogP) is 2.20. The number of nitrogens with zero attached hydrogens (tertiary/aromatic N) is 2. The Morgan fingerprint density at radius 2 is 2.04 bits per heavy atom. The van der Waals surface area contributed by atoms with Crippen LogP contribution in [0.25, 0.3) is 6.08 Å². The third-order valence-corrected chi connectivity index (χ3v) is 3.87. The summed E-state index contributed by atoms with van der Waals surface area (Å²) in [4.78, 5) is 23.9. The summed E-state index contributed by atoms with van der Waals surface area (Å²) in [6.07, 6.45) is 1.34. The van der Waals surface area contributed by atoms with Gasteiger partial charge in [0.05, 0.1) is 13.2 Å². The Labute approximate surface area is 152 Å². The van der Waals surface area contributed by atoms with Crippen LogP contribution in [0.15, 0.2) is 29.8 Å². The number of hydrogen-bond donors (Lipinski definition) is 1. The monoisotopic (exact) mass is 355 g/mol. The quantitative estimate of drug-likeness (QED) is 0.456. The van der Waals surface area contributed by atoms with E-state index in [-0.39, 0.29) is 11.5 Å². The second kappa shape index (κ2) is 9.24. The molecule has 1 aromatic rings. The van der Waals surface area contributed by atoms with Gasteiger partial charge in [0, 0.05) is 0 Å². The summed E-state index contributed by atoms with van der Waals surface area (Å²) < 4.78 is 9.95. The van der Waals surface area contributed by atoms with Crippen LogP contribution in [-0.2, 0) is 14.3 Å². The van der Waals surface area contributed by atoms with Crippen molar-refractivity contribution < 1.29 is 19.1 Å². The number of rotatable bonds is 7. The number of benzene rings is 1. The fraction of sp³-hybridized carbons (Fsp3) is 0.368. The average Bonchev–Trinajstić information content (AvgIpc) is 2.63. The van der Waals surface area contributed by atoms with Crippen LogP contribution in [0.3, 0.4) is 0 Å². The molecular weight excluding hydrogens is 334 g/mol. The molecule has 0 aromatic heterocycles.